The number of hydrogen-bond donors (Lipinski definition) is 3. The molecule has 0 aromatic heterocycles. The molecule has 6 heteroatoms. The van der Waals surface area contributed by atoms with E-state index in [1.165, 1.54) is 31.4 Å². The van der Waals surface area contributed by atoms with E-state index in [1.54, 1.807) is 18.2 Å². The van der Waals surface area contributed by atoms with Gasteiger partial charge in [-0.2, -0.15) is 0 Å². The molecule has 21 heavy (non-hydrogen) atoms. The van der Waals surface area contributed by atoms with Gasteiger partial charge in [0, 0.05) is 0 Å². The maximum absolute atomic E-state index is 12.2. The lowest BCUT2D eigenvalue weighted by atomic mass is 10.1. The van der Waals surface area contributed by atoms with Crippen molar-refractivity contribution in [3.05, 3.63) is 53.6 Å². The van der Waals surface area contributed by atoms with Crippen LogP contribution in [0.15, 0.2) is 42.5 Å². The summed E-state index contributed by atoms with van der Waals surface area (Å²) in [6, 6.07) is 10.5. The van der Waals surface area contributed by atoms with E-state index in [2.05, 4.69) is 5.32 Å². The van der Waals surface area contributed by atoms with Gasteiger partial charge in [-0.05, 0) is 24.3 Å². The highest BCUT2D eigenvalue weighted by molar-refractivity contribution is 6.09. The average Bonchev–Trinajstić information content (AvgIpc) is 2.47. The number of amides is 1. The first-order valence-corrected chi connectivity index (χ1v) is 6.04. The predicted molar refractivity (Wildman–Crippen MR) is 76.0 cm³/mol. The Kier molecular flexibility index (Phi) is 4.08. The number of rotatable bonds is 4. The monoisotopic (exact) mass is 287 g/mol. The molecule has 2 rings (SSSR count). The smallest absolute Gasteiger partial charge is 0.337 e. The molecule has 2 aromatic carbocycles. The summed E-state index contributed by atoms with van der Waals surface area (Å²) in [6.07, 6.45) is 0. The van der Waals surface area contributed by atoms with Crippen LogP contribution in [0, 0.1) is 0 Å². The van der Waals surface area contributed by atoms with Gasteiger partial charge in [0.2, 0.25) is 0 Å². The van der Waals surface area contributed by atoms with Crippen LogP contribution in [-0.4, -0.2) is 29.2 Å². The summed E-state index contributed by atoms with van der Waals surface area (Å²) in [7, 11) is 1.37. The number of aromatic hydroxyl groups is 1. The van der Waals surface area contributed by atoms with E-state index in [-0.39, 0.29) is 28.3 Å². The topological polar surface area (TPSA) is 95.9 Å². The molecule has 0 saturated heterocycles. The van der Waals surface area contributed by atoms with E-state index in [0.717, 1.165) is 0 Å². The van der Waals surface area contributed by atoms with Crippen LogP contribution in [0.4, 0.5) is 5.69 Å². The van der Waals surface area contributed by atoms with E-state index in [1.807, 2.05) is 0 Å². The molecule has 0 saturated carbocycles. The molecule has 6 nitrogen and oxygen atoms in total. The number of methoxy groups -OCH3 is 1. The highest BCUT2D eigenvalue weighted by atomic mass is 16.5. The predicted octanol–water partition coefficient (Wildman–Crippen LogP) is 2.35. The van der Waals surface area contributed by atoms with E-state index in [4.69, 9.17) is 9.84 Å². The first-order valence-electron chi connectivity index (χ1n) is 6.04. The van der Waals surface area contributed by atoms with Crippen molar-refractivity contribution in [3.8, 4) is 11.5 Å². The molecule has 108 valence electrons. The molecule has 0 unspecified atom stereocenters. The number of carbonyl (C=O) groups is 2. The molecule has 0 bridgehead atoms. The Bertz CT molecular complexity index is 696. The van der Waals surface area contributed by atoms with Crippen molar-refractivity contribution in [3.63, 3.8) is 0 Å². The molecule has 0 heterocycles. The van der Waals surface area contributed by atoms with Crippen LogP contribution < -0.4 is 10.1 Å². The van der Waals surface area contributed by atoms with Crippen LogP contribution in [0.25, 0.3) is 0 Å². The molecular weight excluding hydrogens is 274 g/mol. The van der Waals surface area contributed by atoms with Gasteiger partial charge in [-0.1, -0.05) is 18.2 Å². The normalized spacial score (nSPS) is 9.95. The Morgan fingerprint density at radius 3 is 2.38 bits per heavy atom. The zero-order chi connectivity index (χ0) is 15.4. The number of carboxylic acid groups (broad SMARTS) is 1. The van der Waals surface area contributed by atoms with Crippen LogP contribution in [0.2, 0.25) is 0 Å². The Morgan fingerprint density at radius 2 is 1.71 bits per heavy atom. The molecule has 2 aromatic rings. The quantitative estimate of drug-likeness (QED) is 0.802. The van der Waals surface area contributed by atoms with Gasteiger partial charge in [0.15, 0.2) is 11.5 Å². The Hall–Kier alpha value is -3.02. The summed E-state index contributed by atoms with van der Waals surface area (Å²) in [6.45, 7) is 0. The summed E-state index contributed by atoms with van der Waals surface area (Å²) < 4.78 is 4.92. The number of aromatic carboxylic acids is 1. The van der Waals surface area contributed by atoms with Gasteiger partial charge in [-0.15, -0.1) is 0 Å². The van der Waals surface area contributed by atoms with Gasteiger partial charge in [0.25, 0.3) is 5.91 Å². The molecular formula is C15H13NO5. The first kappa shape index (κ1) is 14.4. The van der Waals surface area contributed by atoms with Crippen molar-refractivity contribution >= 4 is 17.6 Å². The lowest BCUT2D eigenvalue weighted by Crippen LogP contribution is -2.15. The third-order valence-electron chi connectivity index (χ3n) is 2.87. The second-order valence-corrected chi connectivity index (χ2v) is 4.16. The third kappa shape index (κ3) is 2.94. The number of nitrogens with one attached hydrogen (secondary N) is 1. The van der Waals surface area contributed by atoms with Crippen LogP contribution in [-0.2, 0) is 0 Å². The molecule has 3 N–H and O–H groups in total. The number of carboxylic acids is 1. The standard InChI is InChI=1S/C15H13NO5/c1-21-12-8-4-6-10(13(12)17)14(18)16-11-7-3-2-5-9(11)15(19)20/h2-8,17H,1H3,(H,16,18)(H,19,20). The van der Waals surface area contributed by atoms with Crippen molar-refractivity contribution in [2.24, 2.45) is 0 Å². The minimum atomic E-state index is -1.15. The Balaban J connectivity index is 2.33. The van der Waals surface area contributed by atoms with Gasteiger partial charge in [-0.25, -0.2) is 4.79 Å². The summed E-state index contributed by atoms with van der Waals surface area (Å²) in [5, 5.41) is 21.4. The summed E-state index contributed by atoms with van der Waals surface area (Å²) in [5.41, 5.74) is 0.111. The molecule has 0 fully saturated rings. The Morgan fingerprint density at radius 1 is 1.05 bits per heavy atom. The molecule has 0 spiro atoms. The maximum Gasteiger partial charge on any atom is 0.337 e. The molecule has 0 aliphatic rings. The average molecular weight is 287 g/mol. The molecule has 0 aliphatic carbocycles. The number of ether oxygens (including phenoxy) is 1. The lowest BCUT2D eigenvalue weighted by molar-refractivity contribution is 0.0698. The zero-order valence-corrected chi connectivity index (χ0v) is 11.2. The minimum Gasteiger partial charge on any atom is -0.504 e. The van der Waals surface area contributed by atoms with Crippen molar-refractivity contribution in [2.45, 2.75) is 0 Å². The molecule has 1 amide bonds. The first-order chi connectivity index (χ1) is 10.0. The van der Waals surface area contributed by atoms with E-state index < -0.39 is 11.9 Å². The number of phenols is 1. The number of benzene rings is 2. The largest absolute Gasteiger partial charge is 0.504 e. The highest BCUT2D eigenvalue weighted by Crippen LogP contribution is 2.30. The maximum atomic E-state index is 12.2. The number of phenolic OH excluding ortho intramolecular Hbond substituents is 1. The van der Waals surface area contributed by atoms with Crippen LogP contribution in [0.3, 0.4) is 0 Å². The Labute approximate surface area is 120 Å². The zero-order valence-electron chi connectivity index (χ0n) is 11.2. The van der Waals surface area contributed by atoms with Gasteiger partial charge < -0.3 is 20.3 Å². The summed E-state index contributed by atoms with van der Waals surface area (Å²) >= 11 is 0. The lowest BCUT2D eigenvalue weighted by Gasteiger charge is -2.11. The minimum absolute atomic E-state index is 0.00505. The number of anilines is 1. The van der Waals surface area contributed by atoms with Gasteiger partial charge in [-0.3, -0.25) is 4.79 Å². The van der Waals surface area contributed by atoms with Crippen molar-refractivity contribution in [2.75, 3.05) is 12.4 Å². The fourth-order valence-electron chi connectivity index (χ4n) is 1.84. The van der Waals surface area contributed by atoms with E-state index in [0.29, 0.717) is 0 Å². The van der Waals surface area contributed by atoms with Crippen molar-refractivity contribution in [1.82, 2.24) is 0 Å². The van der Waals surface area contributed by atoms with Crippen molar-refractivity contribution < 1.29 is 24.5 Å². The second-order valence-electron chi connectivity index (χ2n) is 4.16. The SMILES string of the molecule is COc1cccc(C(=O)Nc2ccccc2C(=O)O)c1O. The van der Waals surface area contributed by atoms with Crippen LogP contribution >= 0.6 is 0 Å². The van der Waals surface area contributed by atoms with E-state index >= 15 is 0 Å². The van der Waals surface area contributed by atoms with Gasteiger partial charge in [0.05, 0.1) is 23.9 Å². The molecule has 0 aliphatic heterocycles. The highest BCUT2D eigenvalue weighted by Gasteiger charge is 2.17. The molecule has 0 radical (unpaired) electrons. The second kappa shape index (κ2) is 5.96. The number of hydrogen-bond acceptors (Lipinski definition) is 4. The van der Waals surface area contributed by atoms with Crippen molar-refractivity contribution in [1.29, 1.82) is 0 Å². The van der Waals surface area contributed by atoms with Gasteiger partial charge >= 0.3 is 5.97 Å². The molecule has 0 atom stereocenters. The summed E-state index contributed by atoms with van der Waals surface area (Å²) in [5.74, 6) is -1.92. The fraction of sp³-hybridized carbons (Fsp3) is 0.0667. The number of para-hydroxylation sites is 2. The van der Waals surface area contributed by atoms with Gasteiger partial charge in [0.1, 0.15) is 0 Å². The van der Waals surface area contributed by atoms with E-state index in [9.17, 15) is 14.7 Å². The third-order valence-corrected chi connectivity index (χ3v) is 2.87. The summed E-state index contributed by atoms with van der Waals surface area (Å²) in [4.78, 5) is 23.2. The fourth-order valence-corrected chi connectivity index (χ4v) is 1.84. The number of carbonyl (C=O) groups excluding carboxylic acids is 1. The van der Waals surface area contributed by atoms with Crippen LogP contribution in [0.5, 0.6) is 11.5 Å². The van der Waals surface area contributed by atoms with Crippen LogP contribution in [0.1, 0.15) is 20.7 Å².